The summed E-state index contributed by atoms with van der Waals surface area (Å²) in [5.74, 6) is 0.527. The second-order valence-corrected chi connectivity index (χ2v) is 4.50. The Hall–Kier alpha value is -1.87. The topological polar surface area (TPSA) is 56.0 Å². The van der Waals surface area contributed by atoms with Gasteiger partial charge in [-0.25, -0.2) is 4.98 Å². The Bertz CT molecular complexity index is 552. The molecular formula is C14H13ClN2O. The van der Waals surface area contributed by atoms with Crippen molar-refractivity contribution in [3.63, 3.8) is 0 Å². The maximum atomic E-state index is 11.9. The Kier molecular flexibility index (Phi) is 3.95. The van der Waals surface area contributed by atoms with Gasteiger partial charge in [-0.2, -0.15) is 0 Å². The summed E-state index contributed by atoms with van der Waals surface area (Å²) in [5, 5.41) is 0.669. The fourth-order valence-electron chi connectivity index (χ4n) is 1.71. The lowest BCUT2D eigenvalue weighted by atomic mass is 10.0. The number of hydrogen-bond acceptors (Lipinski definition) is 3. The van der Waals surface area contributed by atoms with E-state index in [0.29, 0.717) is 23.7 Å². The van der Waals surface area contributed by atoms with Gasteiger partial charge in [0.2, 0.25) is 0 Å². The number of carbonyl (C=O) groups excluding carboxylic acids is 1. The fraction of sp³-hybridized carbons (Fsp3) is 0.143. The summed E-state index contributed by atoms with van der Waals surface area (Å²) in [7, 11) is 0. The minimum absolute atomic E-state index is 0.108. The highest BCUT2D eigenvalue weighted by Gasteiger charge is 2.08. The van der Waals surface area contributed by atoms with Gasteiger partial charge in [0.1, 0.15) is 11.6 Å². The molecule has 1 aromatic carbocycles. The van der Waals surface area contributed by atoms with Crippen molar-refractivity contribution in [1.82, 2.24) is 4.98 Å². The molecule has 0 saturated heterocycles. The molecule has 0 amide bonds. The van der Waals surface area contributed by atoms with Crippen LogP contribution in [0.3, 0.4) is 0 Å². The number of pyridine rings is 1. The van der Waals surface area contributed by atoms with Crippen LogP contribution in [0, 0.1) is 0 Å². The quantitative estimate of drug-likeness (QED) is 0.920. The lowest BCUT2D eigenvalue weighted by molar-refractivity contribution is -0.117. The molecule has 0 radical (unpaired) electrons. The molecule has 0 unspecified atom stereocenters. The molecule has 2 rings (SSSR count). The summed E-state index contributed by atoms with van der Waals surface area (Å²) in [6, 6.07) is 10.9. The van der Waals surface area contributed by atoms with E-state index in [1.807, 2.05) is 18.2 Å². The van der Waals surface area contributed by atoms with Gasteiger partial charge in [0.15, 0.2) is 0 Å². The van der Waals surface area contributed by atoms with E-state index < -0.39 is 0 Å². The number of nitrogen functional groups attached to an aromatic ring is 1. The van der Waals surface area contributed by atoms with Gasteiger partial charge in [-0.15, -0.1) is 0 Å². The van der Waals surface area contributed by atoms with Gasteiger partial charge in [0, 0.05) is 29.6 Å². The number of nitrogens with zero attached hydrogens (tertiary/aromatic N) is 1. The summed E-state index contributed by atoms with van der Waals surface area (Å²) in [5.41, 5.74) is 7.43. The highest BCUT2D eigenvalue weighted by Crippen LogP contribution is 2.13. The molecule has 0 bridgehead atoms. The molecule has 0 spiro atoms. The third-order valence-corrected chi connectivity index (χ3v) is 2.88. The van der Waals surface area contributed by atoms with Crippen molar-refractivity contribution in [2.75, 3.05) is 5.73 Å². The van der Waals surface area contributed by atoms with Gasteiger partial charge in [0.05, 0.1) is 0 Å². The molecular weight excluding hydrogens is 248 g/mol. The predicted octanol–water partition coefficient (Wildman–Crippen LogP) is 2.67. The molecule has 2 N–H and O–H groups in total. The van der Waals surface area contributed by atoms with Gasteiger partial charge in [-0.3, -0.25) is 4.79 Å². The normalized spacial score (nSPS) is 10.3. The Morgan fingerprint density at radius 2 is 1.89 bits per heavy atom. The lowest BCUT2D eigenvalue weighted by Gasteiger charge is -2.04. The van der Waals surface area contributed by atoms with E-state index >= 15 is 0 Å². The van der Waals surface area contributed by atoms with Gasteiger partial charge < -0.3 is 5.73 Å². The molecule has 0 fully saturated rings. The number of Topliss-reactive ketones (excluding diaryl/α,β-unsaturated/α-hetero) is 1. The average molecular weight is 261 g/mol. The first kappa shape index (κ1) is 12.6. The summed E-state index contributed by atoms with van der Waals surface area (Å²) in [6.45, 7) is 0. The zero-order valence-corrected chi connectivity index (χ0v) is 10.5. The van der Waals surface area contributed by atoms with Crippen LogP contribution in [0.4, 0.5) is 5.82 Å². The second-order valence-electron chi connectivity index (χ2n) is 4.07. The monoisotopic (exact) mass is 260 g/mol. The van der Waals surface area contributed by atoms with Crippen LogP contribution in [0.25, 0.3) is 0 Å². The van der Waals surface area contributed by atoms with E-state index in [-0.39, 0.29) is 5.78 Å². The highest BCUT2D eigenvalue weighted by molar-refractivity contribution is 6.30. The number of hydrogen-bond donors (Lipinski definition) is 1. The van der Waals surface area contributed by atoms with Crippen LogP contribution in [0.5, 0.6) is 0 Å². The van der Waals surface area contributed by atoms with Crippen molar-refractivity contribution in [3.05, 3.63) is 58.7 Å². The van der Waals surface area contributed by atoms with E-state index in [1.54, 1.807) is 24.4 Å². The molecule has 3 nitrogen and oxygen atoms in total. The first-order valence-electron chi connectivity index (χ1n) is 5.60. The number of halogens is 1. The standard InChI is InChI=1S/C14H13ClN2O/c15-12-5-3-10(4-6-12)8-13(18)9-11-2-1-7-17-14(11)16/h1-7H,8-9H2,(H2,16,17). The van der Waals surface area contributed by atoms with Crippen molar-refractivity contribution in [2.45, 2.75) is 12.8 Å². The summed E-state index contributed by atoms with van der Waals surface area (Å²) < 4.78 is 0. The van der Waals surface area contributed by atoms with Crippen molar-refractivity contribution < 1.29 is 4.79 Å². The van der Waals surface area contributed by atoms with Crippen molar-refractivity contribution in [3.8, 4) is 0 Å². The van der Waals surface area contributed by atoms with E-state index in [2.05, 4.69) is 4.98 Å². The number of nitrogens with two attached hydrogens (primary N) is 1. The maximum absolute atomic E-state index is 11.9. The molecule has 1 aromatic heterocycles. The van der Waals surface area contributed by atoms with Crippen molar-refractivity contribution in [2.24, 2.45) is 0 Å². The minimum Gasteiger partial charge on any atom is -0.383 e. The Labute approximate surface area is 111 Å². The van der Waals surface area contributed by atoms with Crippen LogP contribution in [0.2, 0.25) is 5.02 Å². The number of carbonyl (C=O) groups is 1. The SMILES string of the molecule is Nc1ncccc1CC(=O)Cc1ccc(Cl)cc1. The second kappa shape index (κ2) is 5.65. The number of ketones is 1. The van der Waals surface area contributed by atoms with Crippen LogP contribution in [0.15, 0.2) is 42.6 Å². The molecule has 0 aliphatic heterocycles. The number of aromatic nitrogens is 1. The Morgan fingerprint density at radius 3 is 2.56 bits per heavy atom. The summed E-state index contributed by atoms with van der Waals surface area (Å²) in [6.07, 6.45) is 2.30. The summed E-state index contributed by atoms with van der Waals surface area (Å²) in [4.78, 5) is 15.9. The molecule has 92 valence electrons. The lowest BCUT2D eigenvalue weighted by Crippen LogP contribution is -2.09. The smallest absolute Gasteiger partial charge is 0.141 e. The van der Waals surface area contributed by atoms with Crippen LogP contribution in [-0.2, 0) is 17.6 Å². The molecule has 0 aliphatic rings. The Balaban J connectivity index is 2.01. The predicted molar refractivity (Wildman–Crippen MR) is 72.5 cm³/mol. The van der Waals surface area contributed by atoms with E-state index in [1.165, 1.54) is 0 Å². The molecule has 1 heterocycles. The molecule has 0 saturated carbocycles. The van der Waals surface area contributed by atoms with Crippen molar-refractivity contribution in [1.29, 1.82) is 0 Å². The first-order chi connectivity index (χ1) is 8.65. The van der Waals surface area contributed by atoms with Gasteiger partial charge in [-0.05, 0) is 23.8 Å². The molecule has 4 heteroatoms. The summed E-state index contributed by atoms with van der Waals surface area (Å²) >= 11 is 5.79. The zero-order chi connectivity index (χ0) is 13.0. The van der Waals surface area contributed by atoms with Gasteiger partial charge in [0.25, 0.3) is 0 Å². The van der Waals surface area contributed by atoms with Crippen LogP contribution < -0.4 is 5.73 Å². The third kappa shape index (κ3) is 3.31. The average Bonchev–Trinajstić information content (AvgIpc) is 2.35. The van der Waals surface area contributed by atoms with Crippen LogP contribution in [0.1, 0.15) is 11.1 Å². The number of rotatable bonds is 4. The molecule has 18 heavy (non-hydrogen) atoms. The van der Waals surface area contributed by atoms with Crippen LogP contribution in [-0.4, -0.2) is 10.8 Å². The van der Waals surface area contributed by atoms with Crippen LogP contribution >= 0.6 is 11.6 Å². The maximum Gasteiger partial charge on any atom is 0.141 e. The van der Waals surface area contributed by atoms with Gasteiger partial charge >= 0.3 is 0 Å². The van der Waals surface area contributed by atoms with Crippen molar-refractivity contribution >= 4 is 23.2 Å². The number of anilines is 1. The molecule has 0 aliphatic carbocycles. The highest BCUT2D eigenvalue weighted by atomic mass is 35.5. The van der Waals surface area contributed by atoms with E-state index in [0.717, 1.165) is 11.1 Å². The van der Waals surface area contributed by atoms with Gasteiger partial charge in [-0.1, -0.05) is 29.8 Å². The molecule has 2 aromatic rings. The van der Waals surface area contributed by atoms with E-state index in [9.17, 15) is 4.79 Å². The largest absolute Gasteiger partial charge is 0.383 e. The fourth-order valence-corrected chi connectivity index (χ4v) is 1.83. The zero-order valence-electron chi connectivity index (χ0n) is 9.77. The van der Waals surface area contributed by atoms with E-state index in [4.69, 9.17) is 17.3 Å². The minimum atomic E-state index is 0.108. The molecule has 0 atom stereocenters. The number of benzene rings is 1. The third-order valence-electron chi connectivity index (χ3n) is 2.63. The first-order valence-corrected chi connectivity index (χ1v) is 5.98. The Morgan fingerprint density at radius 1 is 1.17 bits per heavy atom.